The molecule has 0 saturated heterocycles. The first-order valence-electron chi connectivity index (χ1n) is 5.55. The average Bonchev–Trinajstić information content (AvgIpc) is 2.35. The second kappa shape index (κ2) is 7.75. The molecule has 0 atom stereocenters. The highest BCUT2D eigenvalue weighted by Crippen LogP contribution is 2.23. The van der Waals surface area contributed by atoms with Crippen LogP contribution < -0.4 is 10.1 Å². The Kier molecular flexibility index (Phi) is 6.63. The second-order valence-corrected chi connectivity index (χ2v) is 4.85. The minimum Gasteiger partial charge on any atom is -0.489 e. The van der Waals surface area contributed by atoms with Crippen LogP contribution in [0.4, 0.5) is 0 Å². The Balaban J connectivity index is 2.67. The Morgan fingerprint density at radius 3 is 2.94 bits per heavy atom. The van der Waals surface area contributed by atoms with Crippen molar-refractivity contribution in [2.45, 2.75) is 20.4 Å². The normalized spacial score (nSPS) is 11.6. The van der Waals surface area contributed by atoms with E-state index in [2.05, 4.69) is 28.2 Å². The van der Waals surface area contributed by atoms with Gasteiger partial charge in [-0.25, -0.2) is 0 Å². The molecule has 0 unspecified atom stereocenters. The summed E-state index contributed by atoms with van der Waals surface area (Å²) in [6.07, 6.45) is 0. The lowest BCUT2D eigenvalue weighted by molar-refractivity contribution is 0.352. The molecule has 0 aliphatic rings. The average molecular weight is 319 g/mol. The van der Waals surface area contributed by atoms with E-state index in [-0.39, 0.29) is 0 Å². The van der Waals surface area contributed by atoms with Crippen molar-refractivity contribution in [3.63, 3.8) is 0 Å². The molecule has 0 aliphatic heterocycles. The molecule has 94 valence electrons. The largest absolute Gasteiger partial charge is 0.489 e. The number of benzene rings is 1. The summed E-state index contributed by atoms with van der Waals surface area (Å²) in [4.78, 5) is 0. The van der Waals surface area contributed by atoms with Gasteiger partial charge in [-0.05, 0) is 42.8 Å². The van der Waals surface area contributed by atoms with Gasteiger partial charge in [-0.3, -0.25) is 0 Å². The first kappa shape index (κ1) is 14.6. The molecular formula is C13H17BrClNO. The number of halogens is 2. The molecule has 1 aromatic carbocycles. The molecule has 4 heteroatoms. The standard InChI is InChI=1S/C13H17BrClNO/c1-3-16-8-11-6-12(4-5-13(11)14)17-9-10(2)7-15/h4-7,16H,3,8-9H2,1-2H3/b10-7+. The summed E-state index contributed by atoms with van der Waals surface area (Å²) < 4.78 is 6.73. The molecule has 0 fully saturated rings. The van der Waals surface area contributed by atoms with Gasteiger partial charge in [-0.1, -0.05) is 34.5 Å². The van der Waals surface area contributed by atoms with Crippen LogP contribution in [0.2, 0.25) is 0 Å². The van der Waals surface area contributed by atoms with E-state index in [1.165, 1.54) is 5.56 Å². The van der Waals surface area contributed by atoms with Gasteiger partial charge in [0.15, 0.2) is 0 Å². The van der Waals surface area contributed by atoms with Crippen LogP contribution in [0.3, 0.4) is 0 Å². The molecule has 1 rings (SSSR count). The summed E-state index contributed by atoms with van der Waals surface area (Å²) in [7, 11) is 0. The molecule has 0 amide bonds. The molecule has 1 N–H and O–H groups in total. The minimum atomic E-state index is 0.520. The highest BCUT2D eigenvalue weighted by Gasteiger charge is 2.02. The zero-order valence-corrected chi connectivity index (χ0v) is 12.4. The molecule has 0 aliphatic carbocycles. The number of ether oxygens (including phenoxy) is 1. The Hall–Kier alpha value is -0.510. The predicted octanol–water partition coefficient (Wildman–Crippen LogP) is 4.08. The third-order valence-corrected chi connectivity index (χ3v) is 3.38. The van der Waals surface area contributed by atoms with Crippen molar-refractivity contribution < 1.29 is 4.74 Å². The van der Waals surface area contributed by atoms with Gasteiger partial charge in [-0.15, -0.1) is 0 Å². The summed E-state index contributed by atoms with van der Waals surface area (Å²) in [5.74, 6) is 0.860. The van der Waals surface area contributed by atoms with Crippen molar-refractivity contribution >= 4 is 27.5 Å². The van der Waals surface area contributed by atoms with Gasteiger partial charge in [0.2, 0.25) is 0 Å². The molecule has 2 nitrogen and oxygen atoms in total. The Bertz CT molecular complexity index is 393. The van der Waals surface area contributed by atoms with E-state index < -0.39 is 0 Å². The molecule has 1 aromatic rings. The fraction of sp³-hybridized carbons (Fsp3) is 0.385. The van der Waals surface area contributed by atoms with E-state index in [0.717, 1.165) is 28.9 Å². The van der Waals surface area contributed by atoms with E-state index in [0.29, 0.717) is 6.61 Å². The lowest BCUT2D eigenvalue weighted by Crippen LogP contribution is -2.12. The third-order valence-electron chi connectivity index (χ3n) is 2.24. The van der Waals surface area contributed by atoms with Crippen LogP contribution in [-0.4, -0.2) is 13.2 Å². The Morgan fingerprint density at radius 1 is 1.53 bits per heavy atom. The van der Waals surface area contributed by atoms with Crippen molar-refractivity contribution in [1.29, 1.82) is 0 Å². The van der Waals surface area contributed by atoms with Gasteiger partial charge in [-0.2, -0.15) is 0 Å². The van der Waals surface area contributed by atoms with Gasteiger partial charge in [0.1, 0.15) is 12.4 Å². The SMILES string of the molecule is CCNCc1cc(OC/C(C)=C/Cl)ccc1Br. The first-order chi connectivity index (χ1) is 8.17. The van der Waals surface area contributed by atoms with Crippen LogP contribution in [0, 0.1) is 0 Å². The van der Waals surface area contributed by atoms with Gasteiger partial charge in [0.25, 0.3) is 0 Å². The molecule has 17 heavy (non-hydrogen) atoms. The maximum absolute atomic E-state index is 5.63. The molecule has 0 saturated carbocycles. The number of hydrogen-bond donors (Lipinski definition) is 1. The fourth-order valence-corrected chi connectivity index (χ4v) is 1.71. The van der Waals surface area contributed by atoms with Crippen molar-refractivity contribution in [2.75, 3.05) is 13.2 Å². The first-order valence-corrected chi connectivity index (χ1v) is 6.78. The monoisotopic (exact) mass is 317 g/mol. The summed E-state index contributed by atoms with van der Waals surface area (Å²) in [6, 6.07) is 5.98. The maximum atomic E-state index is 5.63. The fourth-order valence-electron chi connectivity index (χ4n) is 1.26. The summed E-state index contributed by atoms with van der Waals surface area (Å²) in [5.41, 5.74) is 3.73. The third kappa shape index (κ3) is 5.11. The van der Waals surface area contributed by atoms with Crippen molar-refractivity contribution in [1.82, 2.24) is 5.32 Å². The lowest BCUT2D eigenvalue weighted by atomic mass is 10.2. The zero-order valence-electron chi connectivity index (χ0n) is 10.1. The number of hydrogen-bond acceptors (Lipinski definition) is 2. The van der Waals surface area contributed by atoms with Crippen LogP contribution in [0.1, 0.15) is 19.4 Å². The molecule has 0 heterocycles. The maximum Gasteiger partial charge on any atom is 0.120 e. The van der Waals surface area contributed by atoms with Crippen LogP contribution in [-0.2, 0) is 6.54 Å². The molecule has 0 spiro atoms. The predicted molar refractivity (Wildman–Crippen MR) is 76.6 cm³/mol. The Morgan fingerprint density at radius 2 is 2.29 bits per heavy atom. The molecule has 0 aromatic heterocycles. The topological polar surface area (TPSA) is 21.3 Å². The van der Waals surface area contributed by atoms with Crippen molar-refractivity contribution in [3.8, 4) is 5.75 Å². The molecular weight excluding hydrogens is 302 g/mol. The van der Waals surface area contributed by atoms with Crippen LogP contribution in [0.5, 0.6) is 5.75 Å². The van der Waals surface area contributed by atoms with E-state index >= 15 is 0 Å². The van der Waals surface area contributed by atoms with Crippen molar-refractivity contribution in [2.24, 2.45) is 0 Å². The van der Waals surface area contributed by atoms with E-state index in [1.54, 1.807) is 5.54 Å². The highest BCUT2D eigenvalue weighted by atomic mass is 79.9. The smallest absolute Gasteiger partial charge is 0.120 e. The number of rotatable bonds is 6. The van der Waals surface area contributed by atoms with Gasteiger partial charge in [0, 0.05) is 16.6 Å². The van der Waals surface area contributed by atoms with E-state index in [4.69, 9.17) is 16.3 Å². The van der Waals surface area contributed by atoms with Crippen LogP contribution >= 0.6 is 27.5 Å². The van der Waals surface area contributed by atoms with E-state index in [9.17, 15) is 0 Å². The second-order valence-electron chi connectivity index (χ2n) is 3.78. The van der Waals surface area contributed by atoms with Gasteiger partial charge >= 0.3 is 0 Å². The van der Waals surface area contributed by atoms with Crippen LogP contribution in [0.15, 0.2) is 33.8 Å². The molecule has 0 radical (unpaired) electrons. The quantitative estimate of drug-likeness (QED) is 0.853. The van der Waals surface area contributed by atoms with Gasteiger partial charge < -0.3 is 10.1 Å². The van der Waals surface area contributed by atoms with Crippen LogP contribution in [0.25, 0.3) is 0 Å². The number of nitrogens with one attached hydrogen (secondary N) is 1. The summed E-state index contributed by atoms with van der Waals surface area (Å²) in [6.45, 7) is 6.32. The minimum absolute atomic E-state index is 0.520. The van der Waals surface area contributed by atoms with E-state index in [1.807, 2.05) is 25.1 Å². The summed E-state index contributed by atoms with van der Waals surface area (Å²) in [5, 5.41) is 3.29. The summed E-state index contributed by atoms with van der Waals surface area (Å²) >= 11 is 9.11. The van der Waals surface area contributed by atoms with Crippen molar-refractivity contribution in [3.05, 3.63) is 39.3 Å². The Labute approximate surface area is 116 Å². The van der Waals surface area contributed by atoms with Gasteiger partial charge in [0.05, 0.1) is 0 Å². The lowest BCUT2D eigenvalue weighted by Gasteiger charge is -2.10. The highest BCUT2D eigenvalue weighted by molar-refractivity contribution is 9.10. The zero-order chi connectivity index (χ0) is 12.7. The molecule has 0 bridgehead atoms.